The number of carbonyl (C=O) groups excluding carboxylic acids is 2. The Labute approximate surface area is 402 Å². The molecule has 0 saturated carbocycles. The fraction of sp³-hybridized carbons (Fsp3) is 0.524. The first kappa shape index (κ1) is 52.2. The number of piperidine rings is 2. The molecule has 0 N–H and O–H groups in total. The number of amides is 2. The summed E-state index contributed by atoms with van der Waals surface area (Å²) < 4.78 is 107. The molecular formula is C42H47Br2ClF6N4O8S2. The minimum atomic E-state index is -4.88. The molecule has 65 heavy (non-hydrogen) atoms. The van der Waals surface area contributed by atoms with Crippen LogP contribution in [0.15, 0.2) is 38.6 Å². The minimum Gasteiger partial charge on any atom is -0.492 e. The average Bonchev–Trinajstić information content (AvgIpc) is 3.83. The molecule has 23 heteroatoms. The van der Waals surface area contributed by atoms with E-state index in [-0.39, 0.29) is 40.0 Å². The van der Waals surface area contributed by atoms with Gasteiger partial charge in [0.1, 0.15) is 21.2 Å². The van der Waals surface area contributed by atoms with Gasteiger partial charge in [0.2, 0.25) is 0 Å². The van der Waals surface area contributed by atoms with E-state index in [2.05, 4.69) is 51.3 Å². The van der Waals surface area contributed by atoms with Crippen molar-refractivity contribution in [3.05, 3.63) is 52.9 Å². The predicted molar refractivity (Wildman–Crippen MR) is 242 cm³/mol. The third kappa shape index (κ3) is 14.9. The Balaban J connectivity index is 0.000000244. The van der Waals surface area contributed by atoms with Crippen molar-refractivity contribution in [3.63, 3.8) is 0 Å². The molecular weight excluding hydrogens is 1060 g/mol. The molecule has 2 aliphatic heterocycles. The highest BCUT2D eigenvalue weighted by Gasteiger charge is 2.36. The number of halogens is 9. The Morgan fingerprint density at radius 3 is 1.51 bits per heavy atom. The lowest BCUT2D eigenvalue weighted by Crippen LogP contribution is -2.41. The summed E-state index contributed by atoms with van der Waals surface area (Å²) in [6, 6.07) is 5.69. The van der Waals surface area contributed by atoms with Crippen LogP contribution in [0, 0.1) is 0 Å². The van der Waals surface area contributed by atoms with E-state index in [9.17, 15) is 35.9 Å². The normalized spacial score (nSPS) is 15.5. The summed E-state index contributed by atoms with van der Waals surface area (Å²) in [6.07, 6.45) is -7.57. The molecule has 6 rings (SSSR count). The van der Waals surface area contributed by atoms with Gasteiger partial charge >= 0.3 is 24.9 Å². The van der Waals surface area contributed by atoms with Crippen LogP contribution in [0.5, 0.6) is 23.0 Å². The lowest BCUT2D eigenvalue weighted by Gasteiger charge is -2.32. The van der Waals surface area contributed by atoms with Crippen LogP contribution in [0.25, 0.3) is 22.5 Å². The van der Waals surface area contributed by atoms with Gasteiger partial charge in [-0.05, 0) is 123 Å². The maximum absolute atomic E-state index is 12.9. The van der Waals surface area contributed by atoms with Gasteiger partial charge in [0.05, 0.1) is 38.9 Å². The molecule has 0 atom stereocenters. The Kier molecular flexibility index (Phi) is 16.9. The van der Waals surface area contributed by atoms with E-state index >= 15 is 0 Å². The molecule has 0 spiro atoms. The monoisotopic (exact) mass is 1110 g/mol. The molecule has 2 aromatic carbocycles. The van der Waals surface area contributed by atoms with Crippen molar-refractivity contribution in [3.8, 4) is 45.5 Å². The third-order valence-corrected chi connectivity index (χ3v) is 13.2. The second kappa shape index (κ2) is 21.1. The lowest BCUT2D eigenvalue weighted by atomic mass is 9.98. The van der Waals surface area contributed by atoms with Gasteiger partial charge in [0.15, 0.2) is 23.0 Å². The molecule has 0 unspecified atom stereocenters. The summed E-state index contributed by atoms with van der Waals surface area (Å²) in [6.45, 7) is 13.1. The predicted octanol–water partition coefficient (Wildman–Crippen LogP) is 13.8. The summed E-state index contributed by atoms with van der Waals surface area (Å²) in [7, 11) is 2.52. The molecule has 4 aromatic rings. The fourth-order valence-electron chi connectivity index (χ4n) is 6.77. The van der Waals surface area contributed by atoms with Crippen LogP contribution in [0.1, 0.15) is 89.1 Å². The zero-order valence-corrected chi connectivity index (χ0v) is 42.0. The highest BCUT2D eigenvalue weighted by molar-refractivity contribution is 9.11. The largest absolute Gasteiger partial charge is 0.573 e. The first-order valence-corrected chi connectivity index (χ1v) is 23.6. The van der Waals surface area contributed by atoms with Gasteiger partial charge < -0.3 is 38.2 Å². The number of alkyl halides is 6. The first-order chi connectivity index (χ1) is 30.1. The molecule has 2 aromatic heterocycles. The molecule has 2 aliphatic rings. The quantitative estimate of drug-likeness (QED) is 0.158. The summed E-state index contributed by atoms with van der Waals surface area (Å²) in [5.41, 5.74) is 0.648. The SMILES string of the molecule is COc1c(Br)cc(-c2csc(C3CCN(C(=O)OC(C)(C)C)CC3)n2)cc1OC(F)(F)F.COc1c(Br)cc(-c2nc(C3CCN(C(=O)OC(C)(C)C)CC3)sc2Cl)cc1OC(F)(F)F. The highest BCUT2D eigenvalue weighted by atomic mass is 79.9. The Hall–Kier alpha value is -3.73. The van der Waals surface area contributed by atoms with E-state index in [4.69, 9.17) is 30.5 Å². The van der Waals surface area contributed by atoms with Crippen LogP contribution in [-0.4, -0.2) is 96.3 Å². The molecule has 2 fully saturated rings. The van der Waals surface area contributed by atoms with Gasteiger partial charge in [0.25, 0.3) is 0 Å². The van der Waals surface area contributed by atoms with Crippen LogP contribution in [-0.2, 0) is 9.47 Å². The van der Waals surface area contributed by atoms with Crippen LogP contribution >= 0.6 is 66.1 Å². The van der Waals surface area contributed by atoms with Crippen molar-refractivity contribution >= 4 is 78.3 Å². The number of thiazole rings is 2. The molecule has 358 valence electrons. The number of rotatable bonds is 8. The number of carbonyl (C=O) groups is 2. The van der Waals surface area contributed by atoms with E-state index in [1.54, 1.807) is 27.3 Å². The highest BCUT2D eigenvalue weighted by Crippen LogP contribution is 2.46. The third-order valence-electron chi connectivity index (χ3n) is 9.56. The molecule has 2 amide bonds. The zero-order chi connectivity index (χ0) is 48.2. The number of ether oxygens (including phenoxy) is 6. The Morgan fingerprint density at radius 1 is 0.677 bits per heavy atom. The van der Waals surface area contributed by atoms with E-state index < -0.39 is 35.4 Å². The Bertz CT molecular complexity index is 2300. The van der Waals surface area contributed by atoms with Crippen molar-refractivity contribution < 1.29 is 64.4 Å². The topological polar surface area (TPSA) is 122 Å². The summed E-state index contributed by atoms with van der Waals surface area (Å²) in [5.74, 6) is -0.823. The van der Waals surface area contributed by atoms with Gasteiger partial charge in [-0.2, -0.15) is 0 Å². The van der Waals surface area contributed by atoms with Crippen molar-refractivity contribution in [2.45, 2.75) is 103 Å². The van der Waals surface area contributed by atoms with Gasteiger partial charge in [-0.3, -0.25) is 0 Å². The van der Waals surface area contributed by atoms with Crippen LogP contribution in [0.2, 0.25) is 4.34 Å². The van der Waals surface area contributed by atoms with Crippen LogP contribution in [0.3, 0.4) is 0 Å². The van der Waals surface area contributed by atoms with Gasteiger partial charge in [-0.25, -0.2) is 19.6 Å². The van der Waals surface area contributed by atoms with Gasteiger partial charge in [0, 0.05) is 54.5 Å². The number of likely N-dealkylation sites (tertiary alicyclic amines) is 2. The number of nitrogens with zero attached hydrogens (tertiary/aromatic N) is 4. The molecule has 12 nitrogen and oxygen atoms in total. The van der Waals surface area contributed by atoms with Gasteiger partial charge in [-0.15, -0.1) is 49.0 Å². The van der Waals surface area contributed by atoms with Crippen molar-refractivity contribution in [1.82, 2.24) is 19.8 Å². The lowest BCUT2D eigenvalue weighted by molar-refractivity contribution is -0.276. The number of hydrogen-bond acceptors (Lipinski definition) is 12. The molecule has 2 saturated heterocycles. The molecule has 4 heterocycles. The maximum Gasteiger partial charge on any atom is 0.573 e. The zero-order valence-electron chi connectivity index (χ0n) is 36.5. The number of hydrogen-bond donors (Lipinski definition) is 0. The van der Waals surface area contributed by atoms with Crippen molar-refractivity contribution in [2.75, 3.05) is 40.4 Å². The van der Waals surface area contributed by atoms with E-state index in [1.165, 1.54) is 49.0 Å². The van der Waals surface area contributed by atoms with Crippen molar-refractivity contribution in [2.24, 2.45) is 0 Å². The minimum absolute atomic E-state index is 0.0453. The number of benzene rings is 2. The Morgan fingerprint density at radius 2 is 1.09 bits per heavy atom. The smallest absolute Gasteiger partial charge is 0.492 e. The van der Waals surface area contributed by atoms with E-state index in [1.807, 2.05) is 41.5 Å². The number of methoxy groups -OCH3 is 2. The molecule has 0 aliphatic carbocycles. The molecule has 0 radical (unpaired) electrons. The number of aromatic nitrogens is 2. The summed E-state index contributed by atoms with van der Waals surface area (Å²) in [5, 5.41) is 3.46. The van der Waals surface area contributed by atoms with Crippen LogP contribution in [0.4, 0.5) is 35.9 Å². The second-order valence-corrected chi connectivity index (χ2v) is 21.0. The van der Waals surface area contributed by atoms with E-state index in [0.717, 1.165) is 22.9 Å². The summed E-state index contributed by atoms with van der Waals surface area (Å²) in [4.78, 5) is 37.2. The van der Waals surface area contributed by atoms with Gasteiger partial charge in [-0.1, -0.05) is 11.6 Å². The standard InChI is InChI=1S/C21H23BrClF3N2O4S.C21H24BrF3N2O4S/c1-20(2,3)32-19(29)28-7-5-11(6-8-28)18-27-15(17(23)33-18)12-9-13(22)16(30-4)14(10-12)31-21(24,25)26;1-20(2,3)31-19(28)27-7-5-12(6-8-27)18-26-15(11-32-18)13-9-14(22)17(29-4)16(10-13)30-21(23,24)25/h9-11H,5-8H2,1-4H3;9-12H,5-8H2,1-4H3. The fourth-order valence-corrected chi connectivity index (χ4v) is 10.3. The summed E-state index contributed by atoms with van der Waals surface area (Å²) >= 11 is 15.6. The maximum atomic E-state index is 12.9. The van der Waals surface area contributed by atoms with Crippen LogP contribution < -0.4 is 18.9 Å². The molecule has 0 bridgehead atoms. The van der Waals surface area contributed by atoms with E-state index in [0.29, 0.717) is 70.3 Å². The van der Waals surface area contributed by atoms with Crippen molar-refractivity contribution in [1.29, 1.82) is 0 Å². The average molecular weight is 1110 g/mol. The first-order valence-electron chi connectivity index (χ1n) is 20.0. The second-order valence-electron chi connectivity index (χ2n) is 16.8.